The van der Waals surface area contributed by atoms with Crippen molar-refractivity contribution in [1.82, 2.24) is 14.3 Å². The van der Waals surface area contributed by atoms with E-state index < -0.39 is 5.54 Å². The third-order valence-corrected chi connectivity index (χ3v) is 6.38. The minimum atomic E-state index is -0.772. The smallest absolute Gasteiger partial charge is 0.332 e. The second-order valence-electron chi connectivity index (χ2n) is 8.99. The van der Waals surface area contributed by atoms with Crippen LogP contribution >= 0.6 is 0 Å². The van der Waals surface area contributed by atoms with Gasteiger partial charge in [-0.25, -0.2) is 4.79 Å². The van der Waals surface area contributed by atoms with E-state index in [2.05, 4.69) is 22.4 Å². The Morgan fingerprint density at radius 1 is 1.21 bits per heavy atom. The van der Waals surface area contributed by atoms with E-state index in [-0.39, 0.29) is 24.0 Å². The molecule has 2 atom stereocenters. The SMILES string of the molecule is COCCOC1CC(c2ccccc2)Nc2c1ccn1cc(OC(=O)C(C)(C)N(C)C)nc21. The molecule has 33 heavy (non-hydrogen) atoms. The Balaban J connectivity index is 1.69. The number of carbonyl (C=O) groups is 1. The first-order valence-corrected chi connectivity index (χ1v) is 11.1. The van der Waals surface area contributed by atoms with E-state index in [1.165, 1.54) is 5.56 Å². The van der Waals surface area contributed by atoms with Crippen LogP contribution in [0.1, 0.15) is 43.5 Å². The summed E-state index contributed by atoms with van der Waals surface area (Å²) in [5.41, 5.74) is 3.01. The number of benzene rings is 1. The van der Waals surface area contributed by atoms with Gasteiger partial charge in [-0.05, 0) is 39.6 Å². The molecule has 8 nitrogen and oxygen atoms in total. The predicted octanol–water partition coefficient (Wildman–Crippen LogP) is 3.84. The molecule has 1 N–H and O–H groups in total. The third-order valence-electron chi connectivity index (χ3n) is 6.38. The van der Waals surface area contributed by atoms with Gasteiger partial charge in [-0.1, -0.05) is 30.3 Å². The van der Waals surface area contributed by atoms with Crippen LogP contribution in [-0.4, -0.2) is 60.2 Å². The molecule has 3 aromatic rings. The van der Waals surface area contributed by atoms with Crippen LogP contribution in [0.3, 0.4) is 0 Å². The molecule has 0 aliphatic carbocycles. The number of imidazole rings is 1. The van der Waals surface area contributed by atoms with Gasteiger partial charge < -0.3 is 23.9 Å². The van der Waals surface area contributed by atoms with Gasteiger partial charge in [0.05, 0.1) is 37.2 Å². The number of esters is 1. The number of hydrogen-bond acceptors (Lipinski definition) is 7. The number of fused-ring (bicyclic) bond motifs is 3. The summed E-state index contributed by atoms with van der Waals surface area (Å²) in [7, 11) is 5.36. The van der Waals surface area contributed by atoms with Crippen molar-refractivity contribution in [1.29, 1.82) is 0 Å². The molecule has 0 saturated heterocycles. The number of methoxy groups -OCH3 is 1. The fourth-order valence-electron chi connectivity index (χ4n) is 3.82. The number of ether oxygens (including phenoxy) is 3. The minimum Gasteiger partial charge on any atom is -0.404 e. The molecular formula is C25H32N4O4. The Bertz CT molecular complexity index is 1110. The van der Waals surface area contributed by atoms with Crippen LogP contribution in [0.2, 0.25) is 0 Å². The average molecular weight is 453 g/mol. The molecule has 1 aromatic carbocycles. The van der Waals surface area contributed by atoms with Crippen molar-refractivity contribution in [3.05, 3.63) is 59.9 Å². The van der Waals surface area contributed by atoms with Crippen LogP contribution in [0.25, 0.3) is 5.65 Å². The number of likely N-dealkylation sites (N-methyl/N-ethyl adjacent to an activating group) is 1. The predicted molar refractivity (Wildman–Crippen MR) is 127 cm³/mol. The summed E-state index contributed by atoms with van der Waals surface area (Å²) in [6, 6.07) is 12.4. The highest BCUT2D eigenvalue weighted by molar-refractivity contribution is 5.82. The van der Waals surface area contributed by atoms with Gasteiger partial charge in [0, 0.05) is 25.3 Å². The Hall–Kier alpha value is -2.94. The largest absolute Gasteiger partial charge is 0.404 e. The van der Waals surface area contributed by atoms with Gasteiger partial charge in [-0.3, -0.25) is 4.90 Å². The Labute approximate surface area is 194 Å². The molecule has 0 radical (unpaired) electrons. The molecule has 1 aliphatic heterocycles. The van der Waals surface area contributed by atoms with Crippen LogP contribution in [0.15, 0.2) is 48.8 Å². The van der Waals surface area contributed by atoms with Crippen LogP contribution in [0, 0.1) is 0 Å². The Morgan fingerprint density at radius 3 is 2.67 bits per heavy atom. The summed E-state index contributed by atoms with van der Waals surface area (Å²) in [4.78, 5) is 19.2. The maximum atomic E-state index is 12.7. The van der Waals surface area contributed by atoms with Gasteiger partial charge in [-0.15, -0.1) is 0 Å². The zero-order valence-electron chi connectivity index (χ0n) is 19.9. The molecule has 2 aromatic heterocycles. The first kappa shape index (κ1) is 23.2. The maximum absolute atomic E-state index is 12.7. The highest BCUT2D eigenvalue weighted by Gasteiger charge is 2.34. The number of hydrogen-bond donors (Lipinski definition) is 1. The fourth-order valence-corrected chi connectivity index (χ4v) is 3.82. The summed E-state index contributed by atoms with van der Waals surface area (Å²) in [6.07, 6.45) is 4.33. The first-order chi connectivity index (χ1) is 15.8. The van der Waals surface area contributed by atoms with Crippen LogP contribution in [0.4, 0.5) is 5.69 Å². The topological polar surface area (TPSA) is 77.3 Å². The number of anilines is 1. The van der Waals surface area contributed by atoms with Crippen molar-refractivity contribution >= 4 is 17.3 Å². The lowest BCUT2D eigenvalue weighted by molar-refractivity contribution is -0.145. The zero-order valence-corrected chi connectivity index (χ0v) is 19.9. The van der Waals surface area contributed by atoms with Crippen molar-refractivity contribution in [2.75, 3.05) is 39.7 Å². The third kappa shape index (κ3) is 4.73. The Kier molecular flexibility index (Phi) is 6.69. The number of nitrogens with one attached hydrogen (secondary N) is 1. The van der Waals surface area contributed by atoms with Crippen LogP contribution < -0.4 is 10.1 Å². The average Bonchev–Trinajstić information content (AvgIpc) is 3.22. The van der Waals surface area contributed by atoms with Gasteiger partial charge in [0.25, 0.3) is 0 Å². The van der Waals surface area contributed by atoms with E-state index >= 15 is 0 Å². The lowest BCUT2D eigenvalue weighted by Crippen LogP contribution is -2.48. The standard InChI is InChI=1S/C25H32N4O4/c1-25(2,28(3)4)24(30)33-21-16-29-12-11-18-20(32-14-13-31-5)15-19(17-9-7-6-8-10-17)26-22(18)23(29)27-21/h6-12,16,19-20,26H,13-15H2,1-5H3. The van der Waals surface area contributed by atoms with Crippen molar-refractivity contribution in [2.24, 2.45) is 0 Å². The van der Waals surface area contributed by atoms with Gasteiger partial charge in [0.2, 0.25) is 5.88 Å². The second kappa shape index (κ2) is 9.51. The first-order valence-electron chi connectivity index (χ1n) is 11.1. The molecule has 1 aliphatic rings. The molecule has 0 spiro atoms. The Morgan fingerprint density at radius 2 is 1.97 bits per heavy atom. The molecule has 2 unspecified atom stereocenters. The normalized spacial score (nSPS) is 18.2. The maximum Gasteiger partial charge on any atom is 0.332 e. The molecule has 176 valence electrons. The van der Waals surface area contributed by atoms with Crippen molar-refractivity contribution < 1.29 is 19.0 Å². The molecule has 0 fully saturated rings. The van der Waals surface area contributed by atoms with Gasteiger partial charge >= 0.3 is 5.97 Å². The van der Waals surface area contributed by atoms with E-state index in [1.807, 2.05) is 67.7 Å². The fraction of sp³-hybridized carbons (Fsp3) is 0.440. The van der Waals surface area contributed by atoms with E-state index in [1.54, 1.807) is 13.3 Å². The molecule has 8 heteroatoms. The van der Waals surface area contributed by atoms with E-state index in [0.29, 0.717) is 18.9 Å². The summed E-state index contributed by atoms with van der Waals surface area (Å²) in [5, 5.41) is 3.65. The quantitative estimate of drug-likeness (QED) is 0.411. The molecular weight excluding hydrogens is 420 g/mol. The summed E-state index contributed by atoms with van der Waals surface area (Å²) in [5.74, 6) is -0.0931. The highest BCUT2D eigenvalue weighted by Crippen LogP contribution is 2.42. The summed E-state index contributed by atoms with van der Waals surface area (Å²) in [6.45, 7) is 4.68. The molecule has 0 saturated carbocycles. The number of aromatic nitrogens is 2. The van der Waals surface area contributed by atoms with Crippen molar-refractivity contribution in [2.45, 2.75) is 38.0 Å². The van der Waals surface area contributed by atoms with Gasteiger partial charge in [-0.2, -0.15) is 4.98 Å². The highest BCUT2D eigenvalue weighted by atomic mass is 16.5. The number of nitrogens with zero attached hydrogens (tertiary/aromatic N) is 3. The minimum absolute atomic E-state index is 0.0628. The molecule has 4 rings (SSSR count). The molecule has 3 heterocycles. The van der Waals surface area contributed by atoms with Crippen molar-refractivity contribution in [3.63, 3.8) is 0 Å². The zero-order chi connectivity index (χ0) is 23.6. The monoisotopic (exact) mass is 452 g/mol. The van der Waals surface area contributed by atoms with Gasteiger partial charge in [0.1, 0.15) is 5.54 Å². The van der Waals surface area contributed by atoms with Crippen molar-refractivity contribution in [3.8, 4) is 5.88 Å². The van der Waals surface area contributed by atoms with Gasteiger partial charge in [0.15, 0.2) is 5.65 Å². The van der Waals surface area contributed by atoms with Crippen LogP contribution in [-0.2, 0) is 14.3 Å². The second-order valence-corrected chi connectivity index (χ2v) is 8.99. The number of pyridine rings is 1. The van der Waals surface area contributed by atoms with Crippen LogP contribution in [0.5, 0.6) is 5.88 Å². The lowest BCUT2D eigenvalue weighted by Gasteiger charge is -2.33. The number of rotatable bonds is 8. The van der Waals surface area contributed by atoms with E-state index in [0.717, 1.165) is 17.7 Å². The lowest BCUT2D eigenvalue weighted by atomic mass is 9.91. The molecule has 0 amide bonds. The van der Waals surface area contributed by atoms with E-state index in [9.17, 15) is 4.79 Å². The summed E-state index contributed by atoms with van der Waals surface area (Å²) < 4.78 is 18.9. The van der Waals surface area contributed by atoms with E-state index in [4.69, 9.17) is 14.2 Å². The number of carbonyl (C=O) groups excluding carboxylic acids is 1. The summed E-state index contributed by atoms with van der Waals surface area (Å²) >= 11 is 0. The molecule has 0 bridgehead atoms.